The van der Waals surface area contributed by atoms with Crippen molar-refractivity contribution in [1.29, 1.82) is 0 Å². The number of nitrogens with one attached hydrogen (secondary N) is 3. The van der Waals surface area contributed by atoms with Crippen LogP contribution in [0.5, 0.6) is 0 Å². The van der Waals surface area contributed by atoms with Crippen molar-refractivity contribution in [3.05, 3.63) is 11.6 Å². The lowest BCUT2D eigenvalue weighted by atomic mass is 9.71. The summed E-state index contributed by atoms with van der Waals surface area (Å²) >= 11 is 0. The molecular weight excluding hydrogens is 433 g/mol. The van der Waals surface area contributed by atoms with Crippen molar-refractivity contribution < 1.29 is 23.4 Å². The molecule has 0 spiro atoms. The van der Waals surface area contributed by atoms with Gasteiger partial charge in [-0.05, 0) is 77.0 Å². The Hall–Kier alpha value is -0.710. The number of nitrogens with two attached hydrogens (primary N) is 1. The Bertz CT molecular complexity index is 696. The second kappa shape index (κ2) is 10.1. The minimum absolute atomic E-state index is 0.0117. The zero-order chi connectivity index (χ0) is 23.9. The van der Waals surface area contributed by atoms with Crippen LogP contribution in [0.3, 0.4) is 0 Å². The molecule has 8 unspecified atom stereocenters. The van der Waals surface area contributed by atoms with Crippen LogP contribution in [0.2, 0.25) is 0 Å². The molecule has 0 aromatic heterocycles. The van der Waals surface area contributed by atoms with E-state index in [1.54, 1.807) is 0 Å². The van der Waals surface area contributed by atoms with Gasteiger partial charge in [0, 0.05) is 30.0 Å². The number of hydrogen-bond donors (Lipinski definition) is 6. The van der Waals surface area contributed by atoms with Crippen LogP contribution in [0.4, 0.5) is 13.2 Å². The normalized spacial score (nSPS) is 43.3. The van der Waals surface area contributed by atoms with Gasteiger partial charge in [0.15, 0.2) is 6.29 Å². The second-order valence-corrected chi connectivity index (χ2v) is 11.0. The van der Waals surface area contributed by atoms with Crippen LogP contribution >= 0.6 is 0 Å². The van der Waals surface area contributed by atoms with Crippen molar-refractivity contribution in [2.75, 3.05) is 0 Å². The molecule has 8 atom stereocenters. The SMILES string of the molecule is CC1NC2CC=C(C3CCC(C(O)O)CC3)CC2C(NC(C)C2CC(C(F)(F)F)CC2N)N1. The van der Waals surface area contributed by atoms with E-state index < -0.39 is 24.4 Å². The molecule has 0 amide bonds. The number of rotatable bonds is 5. The van der Waals surface area contributed by atoms with E-state index in [-0.39, 0.29) is 43.1 Å². The predicted octanol–water partition coefficient (Wildman–Crippen LogP) is 2.57. The van der Waals surface area contributed by atoms with Gasteiger partial charge in [0.1, 0.15) is 0 Å². The summed E-state index contributed by atoms with van der Waals surface area (Å²) in [6.07, 6.45) is 2.73. The summed E-state index contributed by atoms with van der Waals surface area (Å²) in [5.41, 5.74) is 7.62. The Morgan fingerprint density at radius 1 is 1.12 bits per heavy atom. The van der Waals surface area contributed by atoms with E-state index in [1.807, 2.05) is 6.92 Å². The molecule has 9 heteroatoms. The van der Waals surface area contributed by atoms with Gasteiger partial charge in [0.2, 0.25) is 0 Å². The summed E-state index contributed by atoms with van der Waals surface area (Å²) in [6, 6.07) is -0.218. The molecule has 4 rings (SSSR count). The van der Waals surface area contributed by atoms with Crippen molar-refractivity contribution in [1.82, 2.24) is 16.0 Å². The first kappa shape index (κ1) is 25.4. The molecule has 0 bridgehead atoms. The zero-order valence-corrected chi connectivity index (χ0v) is 19.7. The maximum atomic E-state index is 13.3. The Kier molecular flexibility index (Phi) is 7.78. The fourth-order valence-corrected chi connectivity index (χ4v) is 6.90. The number of alkyl halides is 3. The highest BCUT2D eigenvalue weighted by Gasteiger charge is 2.49. The van der Waals surface area contributed by atoms with Gasteiger partial charge in [0.05, 0.1) is 18.2 Å². The molecule has 1 heterocycles. The zero-order valence-electron chi connectivity index (χ0n) is 19.7. The van der Waals surface area contributed by atoms with E-state index in [0.29, 0.717) is 17.9 Å². The quantitative estimate of drug-likeness (QED) is 0.271. The summed E-state index contributed by atoms with van der Waals surface area (Å²) in [5, 5.41) is 29.8. The summed E-state index contributed by atoms with van der Waals surface area (Å²) in [5.74, 6) is -0.731. The number of aliphatic hydroxyl groups excluding tert-OH is 1. The molecule has 1 saturated heterocycles. The number of hydrogen-bond acceptors (Lipinski definition) is 6. The summed E-state index contributed by atoms with van der Waals surface area (Å²) in [7, 11) is 0. The van der Waals surface area contributed by atoms with E-state index in [1.165, 1.54) is 5.57 Å². The van der Waals surface area contributed by atoms with E-state index in [2.05, 4.69) is 29.0 Å². The molecule has 33 heavy (non-hydrogen) atoms. The van der Waals surface area contributed by atoms with Crippen LogP contribution in [0, 0.1) is 29.6 Å². The van der Waals surface area contributed by atoms with Gasteiger partial charge < -0.3 is 15.9 Å². The molecule has 3 aliphatic carbocycles. The molecule has 6 nitrogen and oxygen atoms in total. The standard InChI is InChI=1S/C24H41F3N4O2/c1-12(18-10-17(11-20(18)28)24(25,26)27)29-22-19-9-16(7-8-21(19)30-13(2)31-22)14-3-5-15(6-4-14)23(32)33/h7,12-15,17-23,29-33H,3-6,8-11,28H2,1-2H3. The third-order valence-corrected chi connectivity index (χ3v) is 8.87. The van der Waals surface area contributed by atoms with E-state index in [0.717, 1.165) is 38.5 Å². The monoisotopic (exact) mass is 474 g/mol. The van der Waals surface area contributed by atoms with Gasteiger partial charge >= 0.3 is 6.18 Å². The molecule has 0 radical (unpaired) electrons. The van der Waals surface area contributed by atoms with Crippen molar-refractivity contribution >= 4 is 0 Å². The molecule has 3 fully saturated rings. The van der Waals surface area contributed by atoms with E-state index in [4.69, 9.17) is 5.73 Å². The molecule has 190 valence electrons. The molecule has 4 aliphatic rings. The van der Waals surface area contributed by atoms with Crippen LogP contribution < -0.4 is 21.7 Å². The third kappa shape index (κ3) is 5.76. The predicted molar refractivity (Wildman–Crippen MR) is 121 cm³/mol. The van der Waals surface area contributed by atoms with Gasteiger partial charge in [-0.3, -0.25) is 16.0 Å². The average molecular weight is 475 g/mol. The Balaban J connectivity index is 1.39. The lowest BCUT2D eigenvalue weighted by Crippen LogP contribution is -2.68. The van der Waals surface area contributed by atoms with Gasteiger partial charge in [-0.2, -0.15) is 13.2 Å². The van der Waals surface area contributed by atoms with Crippen LogP contribution in [0.1, 0.15) is 65.2 Å². The molecule has 1 aliphatic heterocycles. The highest BCUT2D eigenvalue weighted by Crippen LogP contribution is 2.43. The maximum Gasteiger partial charge on any atom is 0.391 e. The van der Waals surface area contributed by atoms with Gasteiger partial charge in [-0.15, -0.1) is 0 Å². The first-order chi connectivity index (χ1) is 15.5. The fraction of sp³-hybridized carbons (Fsp3) is 0.917. The number of fused-ring (bicyclic) bond motifs is 1. The molecule has 0 aromatic rings. The van der Waals surface area contributed by atoms with E-state index >= 15 is 0 Å². The van der Waals surface area contributed by atoms with Crippen LogP contribution in [-0.2, 0) is 0 Å². The van der Waals surface area contributed by atoms with E-state index in [9.17, 15) is 23.4 Å². The molecule has 2 saturated carbocycles. The average Bonchev–Trinajstić information content (AvgIpc) is 3.16. The smallest absolute Gasteiger partial charge is 0.368 e. The second-order valence-electron chi connectivity index (χ2n) is 11.0. The number of halogens is 3. The Morgan fingerprint density at radius 2 is 1.82 bits per heavy atom. The molecule has 0 aromatic carbocycles. The lowest BCUT2D eigenvalue weighted by molar-refractivity contribution is -0.173. The minimum Gasteiger partial charge on any atom is -0.368 e. The number of aliphatic hydroxyl groups is 2. The first-order valence-electron chi connectivity index (χ1n) is 12.7. The van der Waals surface area contributed by atoms with Gasteiger partial charge in [0.25, 0.3) is 0 Å². The van der Waals surface area contributed by atoms with Crippen LogP contribution in [-0.4, -0.2) is 53.1 Å². The van der Waals surface area contributed by atoms with Gasteiger partial charge in [-0.25, -0.2) is 0 Å². The van der Waals surface area contributed by atoms with Crippen molar-refractivity contribution in [2.45, 2.75) is 108 Å². The maximum absolute atomic E-state index is 13.3. The van der Waals surface area contributed by atoms with Crippen LogP contribution in [0.15, 0.2) is 11.6 Å². The largest absolute Gasteiger partial charge is 0.391 e. The highest BCUT2D eigenvalue weighted by molar-refractivity contribution is 5.17. The highest BCUT2D eigenvalue weighted by atomic mass is 19.4. The van der Waals surface area contributed by atoms with Crippen molar-refractivity contribution in [3.8, 4) is 0 Å². The summed E-state index contributed by atoms with van der Waals surface area (Å²) < 4.78 is 39.8. The fourth-order valence-electron chi connectivity index (χ4n) is 6.90. The van der Waals surface area contributed by atoms with Gasteiger partial charge in [-0.1, -0.05) is 11.6 Å². The summed E-state index contributed by atoms with van der Waals surface area (Å²) in [6.45, 7) is 4.06. The lowest BCUT2D eigenvalue weighted by Gasteiger charge is -2.48. The molecule has 7 N–H and O–H groups in total. The molecular formula is C24H41F3N4O2. The minimum atomic E-state index is -4.17. The first-order valence-corrected chi connectivity index (χ1v) is 12.7. The van der Waals surface area contributed by atoms with Crippen molar-refractivity contribution in [3.63, 3.8) is 0 Å². The third-order valence-electron chi connectivity index (χ3n) is 8.87. The topological polar surface area (TPSA) is 103 Å². The van der Waals surface area contributed by atoms with Crippen molar-refractivity contribution in [2.24, 2.45) is 35.3 Å². The number of allylic oxidation sites excluding steroid dienone is 1. The van der Waals surface area contributed by atoms with Crippen LogP contribution in [0.25, 0.3) is 0 Å². The Morgan fingerprint density at radius 3 is 2.42 bits per heavy atom. The summed E-state index contributed by atoms with van der Waals surface area (Å²) in [4.78, 5) is 0. The Labute approximate surface area is 194 Å².